The second-order valence-electron chi connectivity index (χ2n) is 16.5. The molecule has 0 saturated carbocycles. The SMILES string of the molecule is CCCCC/C=C/C/C=C/C/C=C/C/C=C/C/C=C/CCC(=O)O[C@H](COC(=O)CCCCCCCCCCCCC/C=C/CCCCCCCC)COP(=O)(O)OC[C@@H](O)CO. The fourth-order valence-electron chi connectivity index (χ4n) is 6.50. The second-order valence-corrected chi connectivity index (χ2v) is 17.9. The predicted molar refractivity (Wildman–Crippen MR) is 260 cm³/mol. The number of aliphatic hydroxyl groups excluding tert-OH is 2. The topological polar surface area (TPSA) is 149 Å². The van der Waals surface area contributed by atoms with E-state index in [-0.39, 0.29) is 19.4 Å². The van der Waals surface area contributed by atoms with Gasteiger partial charge in [0.25, 0.3) is 0 Å². The first kappa shape index (κ1) is 60.4. The molecular weight excluding hydrogens is 816 g/mol. The summed E-state index contributed by atoms with van der Waals surface area (Å²) in [7, 11) is -4.65. The number of phosphoric acid groups is 1. The molecule has 3 atom stereocenters. The van der Waals surface area contributed by atoms with Crippen LogP contribution in [0, 0.1) is 0 Å². The van der Waals surface area contributed by atoms with Crippen LogP contribution in [0.3, 0.4) is 0 Å². The van der Waals surface area contributed by atoms with Gasteiger partial charge in [0.05, 0.1) is 19.8 Å². The van der Waals surface area contributed by atoms with E-state index < -0.39 is 51.8 Å². The molecule has 0 aromatic carbocycles. The molecule has 0 fully saturated rings. The fourth-order valence-corrected chi connectivity index (χ4v) is 7.29. The summed E-state index contributed by atoms with van der Waals surface area (Å²) in [5.74, 6) is -1.02. The van der Waals surface area contributed by atoms with Crippen molar-refractivity contribution in [2.75, 3.05) is 26.4 Å². The van der Waals surface area contributed by atoms with Crippen LogP contribution in [0.25, 0.3) is 0 Å². The maximum absolute atomic E-state index is 12.6. The molecule has 10 nitrogen and oxygen atoms in total. The molecule has 3 N–H and O–H groups in total. The van der Waals surface area contributed by atoms with E-state index in [2.05, 4.69) is 74.6 Å². The smallest absolute Gasteiger partial charge is 0.462 e. The van der Waals surface area contributed by atoms with Gasteiger partial charge in [0.1, 0.15) is 12.7 Å². The third kappa shape index (κ3) is 47.2. The molecule has 0 amide bonds. The zero-order valence-electron chi connectivity index (χ0n) is 39.8. The highest BCUT2D eigenvalue weighted by atomic mass is 31.2. The number of hydrogen-bond acceptors (Lipinski definition) is 9. The molecule has 0 aliphatic heterocycles. The van der Waals surface area contributed by atoms with Crippen LogP contribution in [0.5, 0.6) is 0 Å². The monoisotopic (exact) mass is 907 g/mol. The molecule has 0 radical (unpaired) electrons. The van der Waals surface area contributed by atoms with Gasteiger partial charge in [-0.1, -0.05) is 189 Å². The van der Waals surface area contributed by atoms with Crippen molar-refractivity contribution in [3.05, 3.63) is 72.9 Å². The third-order valence-corrected chi connectivity index (χ3v) is 11.3. The first-order valence-corrected chi connectivity index (χ1v) is 26.4. The summed E-state index contributed by atoms with van der Waals surface area (Å²) < 4.78 is 32.7. The Balaban J connectivity index is 4.31. The van der Waals surface area contributed by atoms with Crippen molar-refractivity contribution < 1.29 is 47.8 Å². The van der Waals surface area contributed by atoms with Gasteiger partial charge in [0.15, 0.2) is 6.10 Å². The number of allylic oxidation sites excluding steroid dienone is 12. The largest absolute Gasteiger partial charge is 0.472 e. The van der Waals surface area contributed by atoms with Crippen molar-refractivity contribution >= 4 is 19.8 Å². The Morgan fingerprint density at radius 2 is 0.857 bits per heavy atom. The molecule has 11 heteroatoms. The van der Waals surface area contributed by atoms with E-state index in [1.807, 2.05) is 12.2 Å². The average molecular weight is 907 g/mol. The molecule has 0 aromatic heterocycles. The number of carbonyl (C=O) groups is 2. The highest BCUT2D eigenvalue weighted by Crippen LogP contribution is 2.43. The number of carbonyl (C=O) groups excluding carboxylic acids is 2. The molecule has 0 spiro atoms. The van der Waals surface area contributed by atoms with Gasteiger partial charge in [-0.3, -0.25) is 18.6 Å². The first-order valence-electron chi connectivity index (χ1n) is 24.9. The lowest BCUT2D eigenvalue weighted by molar-refractivity contribution is -0.161. The van der Waals surface area contributed by atoms with Gasteiger partial charge in [0, 0.05) is 12.8 Å². The lowest BCUT2D eigenvalue weighted by Crippen LogP contribution is -2.29. The fraction of sp³-hybridized carbons (Fsp3) is 0.731. The Labute approximate surface area is 384 Å². The molecule has 364 valence electrons. The molecule has 0 saturated heterocycles. The summed E-state index contributed by atoms with van der Waals surface area (Å²) in [6.45, 7) is 2.28. The van der Waals surface area contributed by atoms with Crippen LogP contribution in [0.4, 0.5) is 0 Å². The Hall–Kier alpha value is -2.59. The molecule has 0 aromatic rings. The molecule has 0 heterocycles. The Morgan fingerprint density at radius 1 is 0.476 bits per heavy atom. The normalized spacial score (nSPS) is 14.3. The van der Waals surface area contributed by atoms with Gasteiger partial charge in [-0.15, -0.1) is 0 Å². The van der Waals surface area contributed by atoms with E-state index in [9.17, 15) is 24.2 Å². The number of hydrogen-bond donors (Lipinski definition) is 3. The van der Waals surface area contributed by atoms with Crippen molar-refractivity contribution in [3.8, 4) is 0 Å². The minimum absolute atomic E-state index is 0.0583. The minimum Gasteiger partial charge on any atom is -0.462 e. The van der Waals surface area contributed by atoms with Gasteiger partial charge in [-0.2, -0.15) is 0 Å². The van der Waals surface area contributed by atoms with E-state index in [4.69, 9.17) is 23.6 Å². The van der Waals surface area contributed by atoms with Crippen molar-refractivity contribution in [2.45, 2.75) is 219 Å². The number of rotatable bonds is 46. The Kier molecular flexibility index (Phi) is 45.4. The molecule has 1 unspecified atom stereocenters. The highest BCUT2D eigenvalue weighted by molar-refractivity contribution is 7.47. The number of unbranched alkanes of at least 4 members (excludes halogenated alkanes) is 20. The van der Waals surface area contributed by atoms with E-state index >= 15 is 0 Å². The quantitative estimate of drug-likeness (QED) is 0.0233. The third-order valence-electron chi connectivity index (χ3n) is 10.3. The van der Waals surface area contributed by atoms with Crippen molar-refractivity contribution in [3.63, 3.8) is 0 Å². The highest BCUT2D eigenvalue weighted by Gasteiger charge is 2.27. The summed E-state index contributed by atoms with van der Waals surface area (Å²) in [6, 6.07) is 0. The summed E-state index contributed by atoms with van der Waals surface area (Å²) >= 11 is 0. The van der Waals surface area contributed by atoms with Crippen molar-refractivity contribution in [2.24, 2.45) is 0 Å². The number of ether oxygens (including phenoxy) is 2. The van der Waals surface area contributed by atoms with Gasteiger partial charge in [-0.05, 0) is 77.0 Å². The predicted octanol–water partition coefficient (Wildman–Crippen LogP) is 14.0. The lowest BCUT2D eigenvalue weighted by atomic mass is 10.0. The van der Waals surface area contributed by atoms with Crippen molar-refractivity contribution in [1.29, 1.82) is 0 Å². The standard InChI is InChI=1S/C52H91O10P/c1-3-5-7-9-11-13-15-17-19-21-23-24-26-27-29-31-33-35-37-39-41-43-51(55)59-47-50(48-61-63(57,58)60-46-49(54)45-53)62-52(56)44-42-40-38-36-34-32-30-28-25-22-20-18-16-14-12-10-8-6-4-2/h12,14,17-20,25,28,32,34,38,40,49-50,53-54H,3-11,13,15-16,21-24,26-27,29-31,33,35-37,39,41-48H2,1-2H3,(H,57,58)/b14-12+,19-17+,20-18+,28-25+,34-32+,40-38+/t49-,50+/m0/s1. The van der Waals surface area contributed by atoms with Crippen LogP contribution < -0.4 is 0 Å². The average Bonchev–Trinajstić information content (AvgIpc) is 3.27. The lowest BCUT2D eigenvalue weighted by Gasteiger charge is -2.20. The van der Waals surface area contributed by atoms with Gasteiger partial charge in [-0.25, -0.2) is 4.57 Å². The molecule has 0 aliphatic carbocycles. The number of phosphoric ester groups is 1. The zero-order valence-corrected chi connectivity index (χ0v) is 40.7. The van der Waals surface area contributed by atoms with E-state index in [1.54, 1.807) is 0 Å². The van der Waals surface area contributed by atoms with Crippen LogP contribution in [-0.2, 0) is 32.7 Å². The van der Waals surface area contributed by atoms with E-state index in [0.29, 0.717) is 12.8 Å². The summed E-state index contributed by atoms with van der Waals surface area (Å²) in [4.78, 5) is 35.1. The number of esters is 2. The Bertz CT molecular complexity index is 1270. The van der Waals surface area contributed by atoms with Crippen LogP contribution in [-0.4, -0.2) is 65.7 Å². The molecule has 0 rings (SSSR count). The number of aliphatic hydroxyl groups is 2. The van der Waals surface area contributed by atoms with Crippen LogP contribution in [0.15, 0.2) is 72.9 Å². The molecule has 0 bridgehead atoms. The Morgan fingerprint density at radius 3 is 1.35 bits per heavy atom. The molecule has 0 aliphatic rings. The summed E-state index contributed by atoms with van der Waals surface area (Å²) in [6.07, 6.45) is 56.0. The first-order chi connectivity index (χ1) is 30.7. The maximum atomic E-state index is 12.6. The van der Waals surface area contributed by atoms with Crippen molar-refractivity contribution in [1.82, 2.24) is 0 Å². The van der Waals surface area contributed by atoms with Gasteiger partial charge >= 0.3 is 19.8 Å². The minimum atomic E-state index is -4.65. The van der Waals surface area contributed by atoms with E-state index in [0.717, 1.165) is 44.9 Å². The second kappa shape index (κ2) is 47.4. The molecule has 63 heavy (non-hydrogen) atoms. The van der Waals surface area contributed by atoms with Crippen LogP contribution >= 0.6 is 7.82 Å². The maximum Gasteiger partial charge on any atom is 0.472 e. The van der Waals surface area contributed by atoms with Crippen LogP contribution in [0.2, 0.25) is 0 Å². The molecular formula is C52H91O10P. The van der Waals surface area contributed by atoms with Gasteiger partial charge < -0.3 is 24.6 Å². The van der Waals surface area contributed by atoms with Gasteiger partial charge in [0.2, 0.25) is 0 Å². The van der Waals surface area contributed by atoms with E-state index in [1.165, 1.54) is 122 Å². The zero-order chi connectivity index (χ0) is 46.2. The van der Waals surface area contributed by atoms with Crippen LogP contribution in [0.1, 0.15) is 206 Å². The summed E-state index contributed by atoms with van der Waals surface area (Å²) in [5.41, 5.74) is 0. The summed E-state index contributed by atoms with van der Waals surface area (Å²) in [5, 5.41) is 18.4.